The third-order valence-electron chi connectivity index (χ3n) is 4.94. The minimum absolute atomic E-state index is 0.0456. The molecule has 1 atom stereocenters. The fourth-order valence-corrected chi connectivity index (χ4v) is 3.45. The van der Waals surface area contributed by atoms with E-state index in [2.05, 4.69) is 0 Å². The van der Waals surface area contributed by atoms with Crippen LogP contribution in [0.3, 0.4) is 0 Å². The van der Waals surface area contributed by atoms with Gasteiger partial charge in [0, 0.05) is 23.7 Å². The minimum Gasteiger partial charge on any atom is -0.507 e. The number of hydrogen-bond donors (Lipinski definition) is 2. The Morgan fingerprint density at radius 1 is 1.07 bits per heavy atom. The Bertz CT molecular complexity index is 964. The number of likely N-dealkylation sites (tertiary alicyclic amines) is 1. The van der Waals surface area contributed by atoms with E-state index in [0.29, 0.717) is 22.6 Å². The number of aliphatic hydroxyl groups is 2. The number of ketones is 1. The number of aryl methyl sites for hydroxylation is 1. The zero-order valence-electron chi connectivity index (χ0n) is 16.5. The highest BCUT2D eigenvalue weighted by atomic mass is 16.5. The van der Waals surface area contributed by atoms with E-state index in [1.807, 2.05) is 19.1 Å². The van der Waals surface area contributed by atoms with Gasteiger partial charge in [0.05, 0.1) is 32.4 Å². The first-order chi connectivity index (χ1) is 13.9. The van der Waals surface area contributed by atoms with Gasteiger partial charge in [-0.3, -0.25) is 9.59 Å². The van der Waals surface area contributed by atoms with Crippen LogP contribution in [0.2, 0.25) is 0 Å². The third kappa shape index (κ3) is 3.69. The highest BCUT2D eigenvalue weighted by Gasteiger charge is 2.46. The number of carbonyl (C=O) groups excluding carboxylic acids is 2. The zero-order valence-corrected chi connectivity index (χ0v) is 16.5. The van der Waals surface area contributed by atoms with E-state index < -0.39 is 17.7 Å². The van der Waals surface area contributed by atoms with Gasteiger partial charge in [0.15, 0.2) is 0 Å². The molecular formula is C22H23NO6. The Kier molecular flexibility index (Phi) is 5.89. The average Bonchev–Trinajstić information content (AvgIpc) is 2.98. The summed E-state index contributed by atoms with van der Waals surface area (Å²) in [6, 6.07) is 11.1. The van der Waals surface area contributed by atoms with Gasteiger partial charge in [-0.2, -0.15) is 0 Å². The number of aliphatic hydroxyl groups excluding tert-OH is 2. The van der Waals surface area contributed by atoms with E-state index in [1.165, 1.54) is 19.1 Å². The number of nitrogens with zero attached hydrogens (tertiary/aromatic N) is 1. The van der Waals surface area contributed by atoms with E-state index in [4.69, 9.17) is 9.47 Å². The lowest BCUT2D eigenvalue weighted by Gasteiger charge is -2.26. The molecule has 7 nitrogen and oxygen atoms in total. The van der Waals surface area contributed by atoms with Crippen molar-refractivity contribution in [3.05, 3.63) is 64.7 Å². The molecule has 2 aromatic carbocycles. The summed E-state index contributed by atoms with van der Waals surface area (Å²) in [7, 11) is 2.99. The van der Waals surface area contributed by atoms with Gasteiger partial charge in [-0.1, -0.05) is 29.8 Å². The summed E-state index contributed by atoms with van der Waals surface area (Å²) in [5.74, 6) is -0.918. The Hall–Kier alpha value is -3.32. The second-order valence-corrected chi connectivity index (χ2v) is 6.69. The molecule has 1 saturated heterocycles. The SMILES string of the molecule is COc1ccc(C2/C(=C(/O)c3ccc(C)cc3)C(=O)C(=O)N2CCO)c(OC)c1. The van der Waals surface area contributed by atoms with Crippen LogP contribution >= 0.6 is 0 Å². The average molecular weight is 397 g/mol. The molecule has 2 aromatic rings. The van der Waals surface area contributed by atoms with E-state index in [0.717, 1.165) is 5.56 Å². The lowest BCUT2D eigenvalue weighted by atomic mass is 9.94. The Balaban J connectivity index is 2.23. The van der Waals surface area contributed by atoms with Crippen molar-refractivity contribution in [3.63, 3.8) is 0 Å². The Morgan fingerprint density at radius 2 is 1.76 bits per heavy atom. The molecule has 1 amide bonds. The molecule has 7 heteroatoms. The summed E-state index contributed by atoms with van der Waals surface area (Å²) in [6.07, 6.45) is 0. The molecule has 0 bridgehead atoms. The number of benzene rings is 2. The first-order valence-electron chi connectivity index (χ1n) is 9.11. The van der Waals surface area contributed by atoms with Gasteiger partial charge in [0.1, 0.15) is 17.3 Å². The second kappa shape index (κ2) is 8.36. The standard InChI is InChI=1S/C22H23NO6/c1-13-4-6-14(7-5-13)20(25)18-19(23(10-11-24)22(27)21(18)26)16-9-8-15(28-2)12-17(16)29-3/h4-9,12,19,24-25H,10-11H2,1-3H3/b20-18-. The quantitative estimate of drug-likeness (QED) is 0.442. The zero-order chi connectivity index (χ0) is 21.1. The predicted octanol–water partition coefficient (Wildman–Crippen LogP) is 2.43. The summed E-state index contributed by atoms with van der Waals surface area (Å²) in [5.41, 5.74) is 1.89. The summed E-state index contributed by atoms with van der Waals surface area (Å²) in [5, 5.41) is 20.4. The molecule has 0 saturated carbocycles. The van der Waals surface area contributed by atoms with Gasteiger partial charge < -0.3 is 24.6 Å². The molecule has 0 aliphatic carbocycles. The van der Waals surface area contributed by atoms with Crippen LogP contribution in [-0.4, -0.2) is 54.2 Å². The van der Waals surface area contributed by atoms with Crippen molar-refractivity contribution in [3.8, 4) is 11.5 Å². The molecule has 0 spiro atoms. The van der Waals surface area contributed by atoms with Crippen LogP contribution in [0.5, 0.6) is 11.5 Å². The number of ether oxygens (including phenoxy) is 2. The molecule has 1 aliphatic rings. The van der Waals surface area contributed by atoms with Gasteiger partial charge in [0.2, 0.25) is 0 Å². The summed E-state index contributed by atoms with van der Waals surface area (Å²) >= 11 is 0. The van der Waals surface area contributed by atoms with E-state index in [1.54, 1.807) is 30.3 Å². The van der Waals surface area contributed by atoms with Crippen LogP contribution in [0.1, 0.15) is 22.7 Å². The van der Waals surface area contributed by atoms with Gasteiger partial charge >= 0.3 is 0 Å². The first kappa shape index (κ1) is 20.4. The summed E-state index contributed by atoms with van der Waals surface area (Å²) in [4.78, 5) is 26.7. The van der Waals surface area contributed by atoms with Crippen LogP contribution < -0.4 is 9.47 Å². The molecule has 1 fully saturated rings. The van der Waals surface area contributed by atoms with Crippen molar-refractivity contribution >= 4 is 17.4 Å². The topological polar surface area (TPSA) is 96.3 Å². The number of carbonyl (C=O) groups is 2. The molecular weight excluding hydrogens is 374 g/mol. The maximum Gasteiger partial charge on any atom is 0.295 e. The van der Waals surface area contributed by atoms with Gasteiger partial charge in [-0.05, 0) is 19.1 Å². The van der Waals surface area contributed by atoms with Crippen LogP contribution in [0.4, 0.5) is 0 Å². The van der Waals surface area contributed by atoms with Crippen molar-refractivity contribution in [2.75, 3.05) is 27.4 Å². The molecule has 152 valence electrons. The van der Waals surface area contributed by atoms with Crippen molar-refractivity contribution in [1.82, 2.24) is 4.90 Å². The number of Topliss-reactive ketones (excluding diaryl/α,β-unsaturated/α-hetero) is 1. The fourth-order valence-electron chi connectivity index (χ4n) is 3.45. The second-order valence-electron chi connectivity index (χ2n) is 6.69. The smallest absolute Gasteiger partial charge is 0.295 e. The monoisotopic (exact) mass is 397 g/mol. The number of methoxy groups -OCH3 is 2. The van der Waals surface area contributed by atoms with Crippen molar-refractivity contribution in [2.24, 2.45) is 0 Å². The molecule has 2 N–H and O–H groups in total. The lowest BCUT2D eigenvalue weighted by Crippen LogP contribution is -2.32. The lowest BCUT2D eigenvalue weighted by molar-refractivity contribution is -0.140. The molecule has 3 rings (SSSR count). The molecule has 1 heterocycles. The van der Waals surface area contributed by atoms with Crippen LogP contribution in [0, 0.1) is 6.92 Å². The highest BCUT2D eigenvalue weighted by molar-refractivity contribution is 6.46. The summed E-state index contributed by atoms with van der Waals surface area (Å²) < 4.78 is 10.7. The Morgan fingerprint density at radius 3 is 2.34 bits per heavy atom. The predicted molar refractivity (Wildman–Crippen MR) is 107 cm³/mol. The van der Waals surface area contributed by atoms with Gasteiger partial charge in [0.25, 0.3) is 11.7 Å². The van der Waals surface area contributed by atoms with Crippen molar-refractivity contribution in [2.45, 2.75) is 13.0 Å². The normalized spacial score (nSPS) is 18.2. The molecule has 29 heavy (non-hydrogen) atoms. The number of β-amino-alcohol motifs (C(OH)–C–C–N with tert-alkyl or cyclic N) is 1. The van der Waals surface area contributed by atoms with Crippen LogP contribution in [-0.2, 0) is 9.59 Å². The Labute approximate surface area is 168 Å². The number of hydrogen-bond acceptors (Lipinski definition) is 6. The van der Waals surface area contributed by atoms with Crippen molar-refractivity contribution < 1.29 is 29.3 Å². The maximum atomic E-state index is 12.8. The molecule has 0 radical (unpaired) electrons. The minimum atomic E-state index is -0.899. The van der Waals surface area contributed by atoms with E-state index in [9.17, 15) is 19.8 Å². The fraction of sp³-hybridized carbons (Fsp3) is 0.273. The van der Waals surface area contributed by atoms with Crippen molar-refractivity contribution in [1.29, 1.82) is 0 Å². The molecule has 0 aromatic heterocycles. The van der Waals surface area contributed by atoms with E-state index in [-0.39, 0.29) is 24.5 Å². The van der Waals surface area contributed by atoms with Gasteiger partial charge in [-0.25, -0.2) is 0 Å². The third-order valence-corrected chi connectivity index (χ3v) is 4.94. The maximum absolute atomic E-state index is 12.8. The highest BCUT2D eigenvalue weighted by Crippen LogP contribution is 2.43. The molecule has 1 aliphatic heterocycles. The largest absolute Gasteiger partial charge is 0.507 e. The summed E-state index contributed by atoms with van der Waals surface area (Å²) in [6.45, 7) is 1.52. The molecule has 1 unspecified atom stereocenters. The van der Waals surface area contributed by atoms with E-state index >= 15 is 0 Å². The van der Waals surface area contributed by atoms with Crippen LogP contribution in [0.25, 0.3) is 5.76 Å². The van der Waals surface area contributed by atoms with Gasteiger partial charge in [-0.15, -0.1) is 0 Å². The number of rotatable bonds is 6. The van der Waals surface area contributed by atoms with Crippen LogP contribution in [0.15, 0.2) is 48.0 Å². The number of amides is 1. The first-order valence-corrected chi connectivity index (χ1v) is 9.11.